The summed E-state index contributed by atoms with van der Waals surface area (Å²) in [5, 5.41) is 3.27. The zero-order valence-electron chi connectivity index (χ0n) is 13.2. The van der Waals surface area contributed by atoms with Crippen molar-refractivity contribution in [2.24, 2.45) is 5.92 Å². The molecule has 1 N–H and O–H groups in total. The number of pyridine rings is 1. The van der Waals surface area contributed by atoms with Crippen LogP contribution in [0.2, 0.25) is 0 Å². The highest BCUT2D eigenvalue weighted by atomic mass is 19.1. The molecule has 3 rings (SSSR count). The van der Waals surface area contributed by atoms with E-state index >= 15 is 0 Å². The molecule has 0 bridgehead atoms. The zero-order valence-corrected chi connectivity index (χ0v) is 13.2. The van der Waals surface area contributed by atoms with Gasteiger partial charge in [0.1, 0.15) is 11.6 Å². The smallest absolute Gasteiger partial charge is 0.257 e. The van der Waals surface area contributed by atoms with Crippen molar-refractivity contribution in [2.75, 3.05) is 19.6 Å². The lowest BCUT2D eigenvalue weighted by atomic mass is 10.1. The number of benzene rings is 1. The molecule has 1 saturated heterocycles. The van der Waals surface area contributed by atoms with Gasteiger partial charge < -0.3 is 10.2 Å². The van der Waals surface area contributed by atoms with E-state index in [1.54, 1.807) is 23.4 Å². The summed E-state index contributed by atoms with van der Waals surface area (Å²) in [6.07, 6.45) is 4.33. The zero-order chi connectivity index (χ0) is 16.9. The molecule has 6 heteroatoms. The van der Waals surface area contributed by atoms with Gasteiger partial charge >= 0.3 is 0 Å². The Kier molecular flexibility index (Phi) is 5.15. The van der Waals surface area contributed by atoms with E-state index in [1.807, 2.05) is 6.07 Å². The molecule has 2 aromatic rings. The maximum absolute atomic E-state index is 14.0. The number of carbonyl (C=O) groups excluding carboxylic acids is 1. The highest BCUT2D eigenvalue weighted by molar-refractivity contribution is 5.94. The van der Waals surface area contributed by atoms with Gasteiger partial charge in [0.15, 0.2) is 0 Å². The fourth-order valence-electron chi connectivity index (χ4n) is 2.95. The summed E-state index contributed by atoms with van der Waals surface area (Å²) in [6, 6.07) is 6.73. The van der Waals surface area contributed by atoms with Crippen LogP contribution in [0.4, 0.5) is 8.78 Å². The van der Waals surface area contributed by atoms with E-state index in [0.717, 1.165) is 37.2 Å². The quantitative estimate of drug-likeness (QED) is 0.916. The highest BCUT2D eigenvalue weighted by Crippen LogP contribution is 2.18. The number of hydrogen-bond acceptors (Lipinski definition) is 3. The minimum Gasteiger partial charge on any atom is -0.334 e. The van der Waals surface area contributed by atoms with Crippen LogP contribution in [0.15, 0.2) is 42.7 Å². The summed E-state index contributed by atoms with van der Waals surface area (Å²) in [7, 11) is 0. The van der Waals surface area contributed by atoms with E-state index in [4.69, 9.17) is 0 Å². The molecule has 1 aromatic carbocycles. The Bertz CT molecular complexity index is 703. The number of rotatable bonds is 5. The number of carbonyl (C=O) groups is 1. The Labute approximate surface area is 139 Å². The van der Waals surface area contributed by atoms with Crippen molar-refractivity contribution < 1.29 is 13.6 Å². The second-order valence-electron chi connectivity index (χ2n) is 6.03. The number of nitrogens with zero attached hydrogens (tertiary/aromatic N) is 2. The summed E-state index contributed by atoms with van der Waals surface area (Å²) in [6.45, 7) is 2.63. The van der Waals surface area contributed by atoms with Gasteiger partial charge in [-0.15, -0.1) is 0 Å². The molecule has 1 aromatic heterocycles. The summed E-state index contributed by atoms with van der Waals surface area (Å²) in [5.41, 5.74) is 0.769. The molecule has 1 fully saturated rings. The lowest BCUT2D eigenvalue weighted by molar-refractivity contribution is 0.0713. The lowest BCUT2D eigenvalue weighted by Gasteiger charge is -2.26. The second-order valence-corrected chi connectivity index (χ2v) is 6.03. The van der Waals surface area contributed by atoms with Crippen LogP contribution in [0.1, 0.15) is 22.3 Å². The van der Waals surface area contributed by atoms with Crippen LogP contribution in [-0.4, -0.2) is 35.4 Å². The van der Waals surface area contributed by atoms with Crippen LogP contribution in [-0.2, 0) is 6.54 Å². The Morgan fingerprint density at radius 3 is 2.88 bits per heavy atom. The monoisotopic (exact) mass is 331 g/mol. The fourth-order valence-corrected chi connectivity index (χ4v) is 2.95. The van der Waals surface area contributed by atoms with Gasteiger partial charge in [-0.2, -0.15) is 0 Å². The van der Waals surface area contributed by atoms with E-state index < -0.39 is 17.5 Å². The van der Waals surface area contributed by atoms with Gasteiger partial charge in [-0.1, -0.05) is 6.07 Å². The first-order chi connectivity index (χ1) is 11.6. The third-order valence-corrected chi connectivity index (χ3v) is 4.19. The van der Waals surface area contributed by atoms with Crippen molar-refractivity contribution in [1.82, 2.24) is 15.2 Å². The second kappa shape index (κ2) is 7.49. The minimum absolute atomic E-state index is 0.105. The molecule has 0 aliphatic carbocycles. The largest absolute Gasteiger partial charge is 0.334 e. The molecule has 0 radical (unpaired) electrons. The molecule has 24 heavy (non-hydrogen) atoms. The molecule has 1 atom stereocenters. The molecule has 1 aliphatic rings. The third-order valence-electron chi connectivity index (χ3n) is 4.19. The Morgan fingerprint density at radius 2 is 2.21 bits per heavy atom. The van der Waals surface area contributed by atoms with E-state index in [0.29, 0.717) is 19.0 Å². The topological polar surface area (TPSA) is 45.2 Å². The normalized spacial score (nSPS) is 17.0. The number of amides is 1. The van der Waals surface area contributed by atoms with Gasteiger partial charge in [-0.05, 0) is 49.2 Å². The van der Waals surface area contributed by atoms with Crippen molar-refractivity contribution in [2.45, 2.75) is 13.0 Å². The number of hydrogen-bond donors (Lipinski definition) is 1. The Hall–Kier alpha value is -2.34. The standard InChI is InChI=1S/C18H19F2N3O/c19-15-3-4-16(17(20)8-15)18(24)23(12-14-5-7-22-10-14)11-13-2-1-6-21-9-13/h1-4,6,8-9,14,22H,5,7,10-12H2/t14-/m0/s1. The van der Waals surface area contributed by atoms with Gasteiger partial charge in [0.25, 0.3) is 5.91 Å². The lowest BCUT2D eigenvalue weighted by Crippen LogP contribution is -2.36. The minimum atomic E-state index is -0.833. The SMILES string of the molecule is O=C(c1ccc(F)cc1F)N(Cc1cccnc1)C[C@H]1CCNC1. The summed E-state index contributed by atoms with van der Waals surface area (Å²) >= 11 is 0. The van der Waals surface area contributed by atoms with Crippen LogP contribution in [0.3, 0.4) is 0 Å². The van der Waals surface area contributed by atoms with Crippen LogP contribution in [0, 0.1) is 17.6 Å². The average molecular weight is 331 g/mol. The van der Waals surface area contributed by atoms with Crippen LogP contribution in [0.5, 0.6) is 0 Å². The van der Waals surface area contributed by atoms with Gasteiger partial charge in [0, 0.05) is 31.5 Å². The molecule has 0 saturated carbocycles. The van der Waals surface area contributed by atoms with E-state index in [2.05, 4.69) is 10.3 Å². The van der Waals surface area contributed by atoms with E-state index in [-0.39, 0.29) is 5.56 Å². The molecule has 1 aliphatic heterocycles. The van der Waals surface area contributed by atoms with Crippen molar-refractivity contribution in [3.05, 3.63) is 65.5 Å². The first-order valence-corrected chi connectivity index (χ1v) is 7.97. The number of nitrogens with one attached hydrogen (secondary N) is 1. The van der Waals surface area contributed by atoms with Gasteiger partial charge in [0.2, 0.25) is 0 Å². The molecule has 1 amide bonds. The third kappa shape index (κ3) is 3.94. The average Bonchev–Trinajstić information content (AvgIpc) is 3.08. The fraction of sp³-hybridized carbons (Fsp3) is 0.333. The van der Waals surface area contributed by atoms with Gasteiger partial charge in [0.05, 0.1) is 5.56 Å². The van der Waals surface area contributed by atoms with Crippen molar-refractivity contribution in [3.63, 3.8) is 0 Å². The molecular weight excluding hydrogens is 312 g/mol. The predicted molar refractivity (Wildman–Crippen MR) is 86.3 cm³/mol. The van der Waals surface area contributed by atoms with Gasteiger partial charge in [-0.3, -0.25) is 9.78 Å². The predicted octanol–water partition coefficient (Wildman–Crippen LogP) is 2.61. The van der Waals surface area contributed by atoms with E-state index in [1.165, 1.54) is 6.07 Å². The van der Waals surface area contributed by atoms with Crippen LogP contribution < -0.4 is 5.32 Å². The Morgan fingerprint density at radius 1 is 1.33 bits per heavy atom. The maximum Gasteiger partial charge on any atom is 0.257 e. The Balaban J connectivity index is 1.83. The molecule has 0 spiro atoms. The molecule has 4 nitrogen and oxygen atoms in total. The van der Waals surface area contributed by atoms with Crippen LogP contribution in [0.25, 0.3) is 0 Å². The molecule has 2 heterocycles. The van der Waals surface area contributed by atoms with Gasteiger partial charge in [-0.25, -0.2) is 8.78 Å². The maximum atomic E-state index is 14.0. The first-order valence-electron chi connectivity index (χ1n) is 7.97. The van der Waals surface area contributed by atoms with E-state index in [9.17, 15) is 13.6 Å². The molecular formula is C18H19F2N3O. The highest BCUT2D eigenvalue weighted by Gasteiger charge is 2.24. The summed E-state index contributed by atoms with van der Waals surface area (Å²) < 4.78 is 27.1. The summed E-state index contributed by atoms with van der Waals surface area (Å²) in [4.78, 5) is 18.5. The van der Waals surface area contributed by atoms with Crippen LogP contribution >= 0.6 is 0 Å². The number of aromatic nitrogens is 1. The summed E-state index contributed by atoms with van der Waals surface area (Å²) in [5.74, 6) is -1.62. The van der Waals surface area contributed by atoms with Crippen molar-refractivity contribution >= 4 is 5.91 Å². The molecule has 126 valence electrons. The molecule has 0 unspecified atom stereocenters. The van der Waals surface area contributed by atoms with Crippen molar-refractivity contribution in [3.8, 4) is 0 Å². The number of halogens is 2. The first kappa shape index (κ1) is 16.5. The van der Waals surface area contributed by atoms with Crippen molar-refractivity contribution in [1.29, 1.82) is 0 Å².